The first-order valence-electron chi connectivity index (χ1n) is 5.72. The van der Waals surface area contributed by atoms with Gasteiger partial charge in [0.1, 0.15) is 0 Å². The molecule has 0 rings (SSSR count). The van der Waals surface area contributed by atoms with Crippen LogP contribution in [0.4, 0.5) is 13.2 Å². The van der Waals surface area contributed by atoms with Gasteiger partial charge in [-0.1, -0.05) is 0 Å². The van der Waals surface area contributed by atoms with Crippen molar-refractivity contribution in [3.8, 4) is 0 Å². The van der Waals surface area contributed by atoms with Crippen LogP contribution >= 0.6 is 0 Å². The smallest absolute Gasteiger partial charge is 0.390 e. The zero-order valence-corrected chi connectivity index (χ0v) is 11.3. The summed E-state index contributed by atoms with van der Waals surface area (Å²) >= 11 is 0. The molecule has 0 aliphatic heterocycles. The van der Waals surface area contributed by atoms with Gasteiger partial charge in [0.25, 0.3) is 0 Å². The Kier molecular flexibility index (Phi) is 7.16. The molecule has 0 spiro atoms. The third-order valence-electron chi connectivity index (χ3n) is 2.52. The van der Waals surface area contributed by atoms with E-state index in [4.69, 9.17) is 5.11 Å². The molecule has 2 atom stereocenters. The minimum atomic E-state index is -4.44. The van der Waals surface area contributed by atoms with E-state index in [0.29, 0.717) is 6.54 Å². The van der Waals surface area contributed by atoms with Gasteiger partial charge in [-0.15, -0.1) is 0 Å². The molecule has 0 saturated carbocycles. The van der Waals surface area contributed by atoms with E-state index in [9.17, 15) is 21.6 Å². The number of alkyl halides is 3. The Hall–Kier alpha value is -0.340. The van der Waals surface area contributed by atoms with Gasteiger partial charge in [-0.05, 0) is 26.8 Å². The highest BCUT2D eigenvalue weighted by Gasteiger charge is 2.29. The molecule has 0 amide bonds. The summed E-state index contributed by atoms with van der Waals surface area (Å²) in [6.07, 6.45) is -6.07. The van der Waals surface area contributed by atoms with Crippen molar-refractivity contribution in [1.29, 1.82) is 0 Å². The van der Waals surface area contributed by atoms with Gasteiger partial charge in [-0.3, -0.25) is 0 Å². The van der Waals surface area contributed by atoms with Gasteiger partial charge in [0.15, 0.2) is 9.84 Å². The van der Waals surface area contributed by atoms with Crippen LogP contribution in [0.1, 0.15) is 26.7 Å². The summed E-state index contributed by atoms with van der Waals surface area (Å²) in [6.45, 7) is 3.68. The van der Waals surface area contributed by atoms with E-state index in [1.165, 1.54) is 0 Å². The lowest BCUT2D eigenvalue weighted by Gasteiger charge is -2.16. The van der Waals surface area contributed by atoms with Crippen molar-refractivity contribution in [3.05, 3.63) is 0 Å². The molecule has 2 N–H and O–H groups in total. The Balaban J connectivity index is 3.85. The van der Waals surface area contributed by atoms with E-state index in [1.807, 2.05) is 0 Å². The molecule has 18 heavy (non-hydrogen) atoms. The SMILES string of the molecule is CC(O)C(C)NCCCS(=O)(=O)CCC(F)(F)F. The van der Waals surface area contributed by atoms with Gasteiger partial charge in [0.05, 0.1) is 24.0 Å². The predicted octanol–water partition coefficient (Wildman–Crippen LogP) is 1.10. The van der Waals surface area contributed by atoms with Crippen LogP contribution in [-0.2, 0) is 9.84 Å². The van der Waals surface area contributed by atoms with Crippen LogP contribution in [0.5, 0.6) is 0 Å². The van der Waals surface area contributed by atoms with Crippen molar-refractivity contribution in [1.82, 2.24) is 5.32 Å². The minimum absolute atomic E-state index is 0.178. The molecule has 4 nitrogen and oxygen atoms in total. The third kappa shape index (κ3) is 9.67. The number of rotatable bonds is 8. The summed E-state index contributed by atoms with van der Waals surface area (Å²) in [7, 11) is -3.66. The molecule has 0 radical (unpaired) electrons. The molecule has 0 heterocycles. The minimum Gasteiger partial charge on any atom is -0.392 e. The van der Waals surface area contributed by atoms with Crippen molar-refractivity contribution < 1.29 is 26.7 Å². The van der Waals surface area contributed by atoms with Gasteiger partial charge in [0, 0.05) is 6.04 Å². The summed E-state index contributed by atoms with van der Waals surface area (Å²) in [5.74, 6) is -1.13. The van der Waals surface area contributed by atoms with Crippen molar-refractivity contribution >= 4 is 9.84 Å². The number of hydrogen-bond acceptors (Lipinski definition) is 4. The van der Waals surface area contributed by atoms with E-state index in [2.05, 4.69) is 5.32 Å². The first-order valence-corrected chi connectivity index (χ1v) is 7.54. The fourth-order valence-corrected chi connectivity index (χ4v) is 2.50. The predicted molar refractivity (Wildman–Crippen MR) is 63.1 cm³/mol. The van der Waals surface area contributed by atoms with Crippen molar-refractivity contribution in [3.63, 3.8) is 0 Å². The molecule has 0 saturated heterocycles. The number of hydrogen-bond donors (Lipinski definition) is 2. The lowest BCUT2D eigenvalue weighted by Crippen LogP contribution is -2.36. The average Bonchev–Trinajstić information content (AvgIpc) is 2.20. The zero-order valence-electron chi connectivity index (χ0n) is 10.5. The molecule has 0 aliphatic rings. The summed E-state index contributed by atoms with van der Waals surface area (Å²) < 4.78 is 58.2. The average molecular weight is 291 g/mol. The lowest BCUT2D eigenvalue weighted by atomic mass is 10.2. The van der Waals surface area contributed by atoms with Gasteiger partial charge in [-0.25, -0.2) is 8.42 Å². The molecule has 0 aliphatic carbocycles. The van der Waals surface area contributed by atoms with Crippen LogP contribution in [0.2, 0.25) is 0 Å². The number of nitrogens with one attached hydrogen (secondary N) is 1. The quantitative estimate of drug-likeness (QED) is 0.657. The lowest BCUT2D eigenvalue weighted by molar-refractivity contribution is -0.129. The Morgan fingerprint density at radius 1 is 1.22 bits per heavy atom. The number of aliphatic hydroxyl groups is 1. The summed E-state index contributed by atoms with van der Waals surface area (Å²) in [6, 6.07) is -0.178. The monoisotopic (exact) mass is 291 g/mol. The largest absolute Gasteiger partial charge is 0.392 e. The summed E-state index contributed by atoms with van der Waals surface area (Å²) in [4.78, 5) is 0. The topological polar surface area (TPSA) is 66.4 Å². The van der Waals surface area contributed by atoms with E-state index >= 15 is 0 Å². The van der Waals surface area contributed by atoms with E-state index in [1.54, 1.807) is 13.8 Å². The number of aliphatic hydroxyl groups excluding tert-OH is 1. The Morgan fingerprint density at radius 2 is 1.78 bits per heavy atom. The van der Waals surface area contributed by atoms with E-state index in [-0.39, 0.29) is 18.2 Å². The van der Waals surface area contributed by atoms with E-state index < -0.39 is 34.3 Å². The van der Waals surface area contributed by atoms with Gasteiger partial charge in [0.2, 0.25) is 0 Å². The van der Waals surface area contributed by atoms with Gasteiger partial charge < -0.3 is 10.4 Å². The van der Waals surface area contributed by atoms with Crippen LogP contribution < -0.4 is 5.32 Å². The maximum absolute atomic E-state index is 11.9. The highest BCUT2D eigenvalue weighted by atomic mass is 32.2. The van der Waals surface area contributed by atoms with Crippen LogP contribution in [0.3, 0.4) is 0 Å². The molecule has 0 aromatic heterocycles. The van der Waals surface area contributed by atoms with Crippen LogP contribution in [0.15, 0.2) is 0 Å². The zero-order chi connectivity index (χ0) is 14.4. The molecular weight excluding hydrogens is 271 g/mol. The van der Waals surface area contributed by atoms with Gasteiger partial charge in [-0.2, -0.15) is 13.2 Å². The fraction of sp³-hybridized carbons (Fsp3) is 1.00. The molecule has 0 fully saturated rings. The van der Waals surface area contributed by atoms with Crippen LogP contribution in [0.25, 0.3) is 0 Å². The highest BCUT2D eigenvalue weighted by molar-refractivity contribution is 7.91. The van der Waals surface area contributed by atoms with Gasteiger partial charge >= 0.3 is 6.18 Å². The maximum Gasteiger partial charge on any atom is 0.390 e. The Bertz CT molecular complexity index is 328. The molecule has 0 bridgehead atoms. The highest BCUT2D eigenvalue weighted by Crippen LogP contribution is 2.20. The Labute approximate surface area is 105 Å². The normalized spacial score (nSPS) is 16.6. The number of sulfone groups is 1. The maximum atomic E-state index is 11.9. The van der Waals surface area contributed by atoms with Crippen LogP contribution in [0, 0.1) is 0 Å². The van der Waals surface area contributed by atoms with E-state index in [0.717, 1.165) is 0 Å². The molecule has 0 aromatic carbocycles. The summed E-state index contributed by atoms with van der Waals surface area (Å²) in [5, 5.41) is 12.0. The molecule has 110 valence electrons. The first kappa shape index (κ1) is 17.7. The molecular formula is C10H20F3NO3S. The number of halogens is 3. The summed E-state index contributed by atoms with van der Waals surface area (Å²) in [5.41, 5.74) is 0. The standard InChI is InChI=1S/C10H20F3NO3S/c1-8(9(2)15)14-5-3-6-18(16,17)7-4-10(11,12)13/h8-9,14-15H,3-7H2,1-2H3. The second-order valence-electron chi connectivity index (χ2n) is 4.35. The van der Waals surface area contributed by atoms with Crippen LogP contribution in [-0.4, -0.2) is 49.9 Å². The fourth-order valence-electron chi connectivity index (χ4n) is 1.17. The van der Waals surface area contributed by atoms with Crippen molar-refractivity contribution in [2.45, 2.75) is 45.0 Å². The second kappa shape index (κ2) is 7.30. The Morgan fingerprint density at radius 3 is 2.22 bits per heavy atom. The molecule has 0 aromatic rings. The second-order valence-corrected chi connectivity index (χ2v) is 6.66. The molecule has 2 unspecified atom stereocenters. The van der Waals surface area contributed by atoms with Crippen molar-refractivity contribution in [2.75, 3.05) is 18.1 Å². The third-order valence-corrected chi connectivity index (χ3v) is 4.26. The first-order chi connectivity index (χ1) is 8.03. The molecule has 8 heteroatoms. The van der Waals surface area contributed by atoms with Crippen molar-refractivity contribution in [2.24, 2.45) is 0 Å².